The SMILES string of the molecule is COc1cccc(CNC(=O)C(C)N2CCN(Cc3c(F)cccc3Cl)CC2)c1. The molecule has 156 valence electrons. The molecule has 0 bridgehead atoms. The zero-order valence-corrected chi connectivity index (χ0v) is 17.6. The first-order chi connectivity index (χ1) is 14.0. The lowest BCUT2D eigenvalue weighted by Gasteiger charge is -2.37. The Kier molecular flexibility index (Phi) is 7.47. The van der Waals surface area contributed by atoms with Crippen molar-refractivity contribution in [2.24, 2.45) is 0 Å². The maximum absolute atomic E-state index is 14.0. The lowest BCUT2D eigenvalue weighted by Crippen LogP contribution is -2.53. The Morgan fingerprint density at radius 1 is 1.21 bits per heavy atom. The van der Waals surface area contributed by atoms with Crippen molar-refractivity contribution in [3.63, 3.8) is 0 Å². The smallest absolute Gasteiger partial charge is 0.237 e. The minimum atomic E-state index is -0.273. The largest absolute Gasteiger partial charge is 0.497 e. The highest BCUT2D eigenvalue weighted by atomic mass is 35.5. The average molecular weight is 420 g/mol. The van der Waals surface area contributed by atoms with Gasteiger partial charge in [-0.1, -0.05) is 29.8 Å². The fourth-order valence-corrected chi connectivity index (χ4v) is 3.72. The van der Waals surface area contributed by atoms with E-state index in [-0.39, 0.29) is 17.8 Å². The highest BCUT2D eigenvalue weighted by Gasteiger charge is 2.26. The fourth-order valence-electron chi connectivity index (χ4n) is 3.50. The van der Waals surface area contributed by atoms with E-state index in [0.29, 0.717) is 23.7 Å². The molecular weight excluding hydrogens is 393 g/mol. The number of ether oxygens (including phenoxy) is 1. The van der Waals surface area contributed by atoms with E-state index in [4.69, 9.17) is 16.3 Å². The number of carbonyl (C=O) groups is 1. The molecule has 1 amide bonds. The number of hydrogen-bond donors (Lipinski definition) is 1. The molecule has 1 saturated heterocycles. The number of nitrogens with zero attached hydrogens (tertiary/aromatic N) is 2. The van der Waals surface area contributed by atoms with Gasteiger partial charge in [-0.05, 0) is 36.8 Å². The molecule has 7 heteroatoms. The van der Waals surface area contributed by atoms with Crippen molar-refractivity contribution in [1.29, 1.82) is 0 Å². The van der Waals surface area contributed by atoms with E-state index in [1.807, 2.05) is 31.2 Å². The van der Waals surface area contributed by atoms with Gasteiger partial charge in [-0.3, -0.25) is 14.6 Å². The molecule has 0 saturated carbocycles. The van der Waals surface area contributed by atoms with E-state index in [1.165, 1.54) is 6.07 Å². The number of nitrogens with one attached hydrogen (secondary N) is 1. The minimum absolute atomic E-state index is 0.00146. The van der Waals surface area contributed by atoms with Crippen molar-refractivity contribution in [2.75, 3.05) is 33.3 Å². The van der Waals surface area contributed by atoms with E-state index in [2.05, 4.69) is 15.1 Å². The van der Waals surface area contributed by atoms with Gasteiger partial charge in [0.1, 0.15) is 11.6 Å². The van der Waals surface area contributed by atoms with Crippen molar-refractivity contribution in [3.8, 4) is 5.75 Å². The zero-order valence-electron chi connectivity index (χ0n) is 16.8. The van der Waals surface area contributed by atoms with Gasteiger partial charge in [-0.25, -0.2) is 4.39 Å². The van der Waals surface area contributed by atoms with Crippen LogP contribution in [0.1, 0.15) is 18.1 Å². The average Bonchev–Trinajstić information content (AvgIpc) is 2.75. The molecule has 1 fully saturated rings. The molecule has 2 aromatic carbocycles. The van der Waals surface area contributed by atoms with Gasteiger partial charge >= 0.3 is 0 Å². The predicted octanol–water partition coefficient (Wildman–Crippen LogP) is 3.31. The second-order valence-electron chi connectivity index (χ2n) is 7.26. The summed E-state index contributed by atoms with van der Waals surface area (Å²) in [5.41, 5.74) is 1.53. The lowest BCUT2D eigenvalue weighted by molar-refractivity contribution is -0.126. The molecule has 0 aliphatic carbocycles. The third-order valence-electron chi connectivity index (χ3n) is 5.38. The van der Waals surface area contributed by atoms with Crippen LogP contribution in [0.5, 0.6) is 5.75 Å². The van der Waals surface area contributed by atoms with Gasteiger partial charge in [0.15, 0.2) is 0 Å². The van der Waals surface area contributed by atoms with E-state index >= 15 is 0 Å². The Balaban J connectivity index is 1.47. The van der Waals surface area contributed by atoms with Crippen LogP contribution >= 0.6 is 11.6 Å². The van der Waals surface area contributed by atoms with Crippen LogP contribution in [-0.2, 0) is 17.9 Å². The van der Waals surface area contributed by atoms with Crippen molar-refractivity contribution in [1.82, 2.24) is 15.1 Å². The monoisotopic (exact) mass is 419 g/mol. The predicted molar refractivity (Wildman–Crippen MR) is 113 cm³/mol. The summed E-state index contributed by atoms with van der Waals surface area (Å²) in [6.45, 7) is 5.89. The first kappa shape index (κ1) is 21.6. The topological polar surface area (TPSA) is 44.8 Å². The molecule has 0 spiro atoms. The van der Waals surface area contributed by atoms with Crippen LogP contribution in [0.25, 0.3) is 0 Å². The molecule has 0 aromatic heterocycles. The minimum Gasteiger partial charge on any atom is -0.497 e. The highest BCUT2D eigenvalue weighted by molar-refractivity contribution is 6.31. The second kappa shape index (κ2) is 10.1. The van der Waals surface area contributed by atoms with Gasteiger partial charge in [0.05, 0.1) is 13.2 Å². The van der Waals surface area contributed by atoms with Crippen LogP contribution in [-0.4, -0.2) is 55.0 Å². The fraction of sp³-hybridized carbons (Fsp3) is 0.409. The van der Waals surface area contributed by atoms with Gasteiger partial charge in [0.2, 0.25) is 5.91 Å². The van der Waals surface area contributed by atoms with Crippen LogP contribution in [0.15, 0.2) is 42.5 Å². The molecule has 2 aromatic rings. The Hall–Kier alpha value is -2.15. The maximum atomic E-state index is 14.0. The Labute approximate surface area is 176 Å². The number of hydrogen-bond acceptors (Lipinski definition) is 4. The van der Waals surface area contributed by atoms with Crippen molar-refractivity contribution in [2.45, 2.75) is 26.1 Å². The molecule has 0 radical (unpaired) electrons. The Morgan fingerprint density at radius 2 is 1.93 bits per heavy atom. The number of benzene rings is 2. The van der Waals surface area contributed by atoms with E-state index in [1.54, 1.807) is 19.2 Å². The molecule has 29 heavy (non-hydrogen) atoms. The molecule has 1 aliphatic heterocycles. The van der Waals surface area contributed by atoms with Crippen molar-refractivity contribution >= 4 is 17.5 Å². The van der Waals surface area contributed by atoms with Crippen LogP contribution < -0.4 is 10.1 Å². The molecule has 1 aliphatic rings. The van der Waals surface area contributed by atoms with Gasteiger partial charge in [0, 0.05) is 49.9 Å². The summed E-state index contributed by atoms with van der Waals surface area (Å²) in [7, 11) is 1.62. The van der Waals surface area contributed by atoms with Gasteiger partial charge in [0.25, 0.3) is 0 Å². The summed E-state index contributed by atoms with van der Waals surface area (Å²) in [4.78, 5) is 16.9. The summed E-state index contributed by atoms with van der Waals surface area (Å²) >= 11 is 6.14. The van der Waals surface area contributed by atoms with Crippen molar-refractivity contribution < 1.29 is 13.9 Å². The van der Waals surface area contributed by atoms with E-state index in [0.717, 1.165) is 37.5 Å². The number of amides is 1. The molecule has 1 heterocycles. The third kappa shape index (κ3) is 5.69. The number of piperazine rings is 1. The van der Waals surface area contributed by atoms with Crippen LogP contribution in [0, 0.1) is 5.82 Å². The van der Waals surface area contributed by atoms with Gasteiger partial charge in [-0.2, -0.15) is 0 Å². The molecule has 1 N–H and O–H groups in total. The maximum Gasteiger partial charge on any atom is 0.237 e. The highest BCUT2D eigenvalue weighted by Crippen LogP contribution is 2.21. The normalized spacial score (nSPS) is 16.4. The summed E-state index contributed by atoms with van der Waals surface area (Å²) in [5.74, 6) is 0.500. The summed E-state index contributed by atoms with van der Waals surface area (Å²) < 4.78 is 19.2. The molecule has 1 atom stereocenters. The standard InChI is InChI=1S/C22H27ClFN3O2/c1-16(22(28)25-14-17-5-3-6-18(13-17)29-2)27-11-9-26(10-12-27)15-19-20(23)7-4-8-21(19)24/h3-8,13,16H,9-12,14-15H2,1-2H3,(H,25,28). The number of methoxy groups -OCH3 is 1. The Bertz CT molecular complexity index is 820. The van der Waals surface area contributed by atoms with Crippen molar-refractivity contribution in [3.05, 3.63) is 64.4 Å². The molecule has 5 nitrogen and oxygen atoms in total. The summed E-state index contributed by atoms with van der Waals surface area (Å²) in [6, 6.07) is 12.2. The van der Waals surface area contributed by atoms with Gasteiger partial charge < -0.3 is 10.1 Å². The van der Waals surface area contributed by atoms with Gasteiger partial charge in [-0.15, -0.1) is 0 Å². The second-order valence-corrected chi connectivity index (χ2v) is 7.66. The lowest BCUT2D eigenvalue weighted by atomic mass is 10.1. The zero-order chi connectivity index (χ0) is 20.8. The first-order valence-corrected chi connectivity index (χ1v) is 10.2. The van der Waals surface area contributed by atoms with Crippen LogP contribution in [0.4, 0.5) is 4.39 Å². The number of carbonyl (C=O) groups excluding carboxylic acids is 1. The molecule has 1 unspecified atom stereocenters. The van der Waals surface area contributed by atoms with E-state index < -0.39 is 0 Å². The van der Waals surface area contributed by atoms with Crippen LogP contribution in [0.2, 0.25) is 5.02 Å². The first-order valence-electron chi connectivity index (χ1n) is 9.78. The van der Waals surface area contributed by atoms with Crippen LogP contribution in [0.3, 0.4) is 0 Å². The molecule has 3 rings (SSSR count). The Morgan fingerprint density at radius 3 is 2.62 bits per heavy atom. The number of halogens is 2. The molecular formula is C22H27ClFN3O2. The summed E-state index contributed by atoms with van der Waals surface area (Å²) in [5, 5.41) is 3.45. The number of rotatable bonds is 7. The van der Waals surface area contributed by atoms with E-state index in [9.17, 15) is 9.18 Å². The third-order valence-corrected chi connectivity index (χ3v) is 5.73. The summed E-state index contributed by atoms with van der Waals surface area (Å²) in [6.07, 6.45) is 0. The quantitative estimate of drug-likeness (QED) is 0.747.